The average molecular weight is 422 g/mol. The van der Waals surface area contributed by atoms with Crippen LogP contribution in [0.5, 0.6) is 11.5 Å². The van der Waals surface area contributed by atoms with E-state index in [0.717, 1.165) is 5.69 Å². The predicted octanol–water partition coefficient (Wildman–Crippen LogP) is 1.84. The Morgan fingerprint density at radius 3 is 2.69 bits per heavy atom. The first kappa shape index (κ1) is 22.4. The minimum atomic E-state index is -3.60. The van der Waals surface area contributed by atoms with E-state index < -0.39 is 10.0 Å². The van der Waals surface area contributed by atoms with Gasteiger partial charge >= 0.3 is 0 Å². The smallest absolute Gasteiger partial charge is 0.242 e. The number of guanidine groups is 1. The van der Waals surface area contributed by atoms with Crippen molar-refractivity contribution in [3.05, 3.63) is 42.7 Å². The van der Waals surface area contributed by atoms with Crippen LogP contribution in [0, 0.1) is 0 Å². The van der Waals surface area contributed by atoms with Crippen LogP contribution in [0.4, 0.5) is 5.69 Å². The Balaban J connectivity index is 1.99. The summed E-state index contributed by atoms with van der Waals surface area (Å²) in [5.41, 5.74) is 0.765. The maximum atomic E-state index is 12.2. The zero-order valence-corrected chi connectivity index (χ0v) is 17.6. The summed E-state index contributed by atoms with van der Waals surface area (Å²) in [6.45, 7) is 5.46. The van der Waals surface area contributed by atoms with Crippen LogP contribution in [-0.4, -0.2) is 52.7 Å². The van der Waals surface area contributed by atoms with Gasteiger partial charge in [-0.1, -0.05) is 0 Å². The Morgan fingerprint density at radius 1 is 1.21 bits per heavy atom. The average Bonchev–Trinajstić information content (AvgIpc) is 2.73. The van der Waals surface area contributed by atoms with Crippen LogP contribution >= 0.6 is 0 Å². The number of sulfonamides is 1. The highest BCUT2D eigenvalue weighted by Gasteiger charge is 2.12. The molecule has 0 atom stereocenters. The Hall–Kier alpha value is -2.85. The molecule has 0 aliphatic carbocycles. The van der Waals surface area contributed by atoms with E-state index in [1.54, 1.807) is 13.2 Å². The fourth-order valence-corrected chi connectivity index (χ4v) is 3.39. The van der Waals surface area contributed by atoms with Gasteiger partial charge in [0, 0.05) is 37.2 Å². The van der Waals surface area contributed by atoms with Gasteiger partial charge in [-0.2, -0.15) is 0 Å². The second-order valence-electron chi connectivity index (χ2n) is 5.77. The number of hydrogen-bond acceptors (Lipinski definition) is 6. The molecule has 0 aliphatic heterocycles. The van der Waals surface area contributed by atoms with Crippen molar-refractivity contribution in [1.29, 1.82) is 0 Å². The molecule has 0 spiro atoms. The third-order valence-corrected chi connectivity index (χ3v) is 5.14. The number of benzene rings is 1. The Morgan fingerprint density at radius 2 is 2.03 bits per heavy atom. The van der Waals surface area contributed by atoms with E-state index in [0.29, 0.717) is 30.6 Å². The highest BCUT2D eigenvalue weighted by Crippen LogP contribution is 2.30. The molecule has 0 radical (unpaired) electrons. The second kappa shape index (κ2) is 11.2. The van der Waals surface area contributed by atoms with Gasteiger partial charge in [-0.05, 0) is 38.1 Å². The second-order valence-corrected chi connectivity index (χ2v) is 7.54. The number of anilines is 1. The lowest BCUT2D eigenvalue weighted by Gasteiger charge is -2.14. The normalized spacial score (nSPS) is 11.8. The minimum Gasteiger partial charge on any atom is -0.493 e. The number of methoxy groups -OCH3 is 1. The van der Waals surface area contributed by atoms with Gasteiger partial charge in [0.05, 0.1) is 20.3 Å². The van der Waals surface area contributed by atoms with Gasteiger partial charge in [0.2, 0.25) is 10.0 Å². The summed E-state index contributed by atoms with van der Waals surface area (Å²) in [7, 11) is -2.02. The summed E-state index contributed by atoms with van der Waals surface area (Å²) >= 11 is 0. The molecule has 0 saturated heterocycles. The number of nitrogens with one attached hydrogen (secondary N) is 3. The summed E-state index contributed by atoms with van der Waals surface area (Å²) in [4.78, 5) is 8.34. The Labute approximate surface area is 171 Å². The summed E-state index contributed by atoms with van der Waals surface area (Å²) < 4.78 is 37.8. The number of pyridine rings is 1. The number of aliphatic imine (C=N–C) groups is 1. The molecule has 1 aromatic carbocycles. The third kappa shape index (κ3) is 6.91. The topological polar surface area (TPSA) is 114 Å². The maximum absolute atomic E-state index is 12.2. The molecule has 1 heterocycles. The van der Waals surface area contributed by atoms with E-state index in [1.807, 2.05) is 32.0 Å². The fourth-order valence-electron chi connectivity index (χ4n) is 2.40. The van der Waals surface area contributed by atoms with E-state index in [-0.39, 0.29) is 18.0 Å². The number of nitrogens with zero attached hydrogens (tertiary/aromatic N) is 2. The van der Waals surface area contributed by atoms with Gasteiger partial charge in [-0.3, -0.25) is 9.98 Å². The quantitative estimate of drug-likeness (QED) is 0.305. The first-order valence-corrected chi connectivity index (χ1v) is 10.7. The molecule has 2 aromatic rings. The summed E-state index contributed by atoms with van der Waals surface area (Å²) in [6, 6.07) is 8.54. The summed E-state index contributed by atoms with van der Waals surface area (Å²) in [5.74, 6) is 1.79. The molecule has 0 saturated carbocycles. The first-order chi connectivity index (χ1) is 14.0. The van der Waals surface area contributed by atoms with Crippen molar-refractivity contribution in [2.45, 2.75) is 18.7 Å². The van der Waals surface area contributed by atoms with Crippen molar-refractivity contribution < 1.29 is 17.9 Å². The van der Waals surface area contributed by atoms with E-state index in [2.05, 4.69) is 25.3 Å². The zero-order valence-electron chi connectivity index (χ0n) is 16.8. The van der Waals surface area contributed by atoms with Crippen molar-refractivity contribution in [2.24, 2.45) is 4.99 Å². The third-order valence-electron chi connectivity index (χ3n) is 3.69. The fraction of sp³-hybridized carbons (Fsp3) is 0.368. The van der Waals surface area contributed by atoms with E-state index in [1.165, 1.54) is 18.5 Å². The molecule has 10 heteroatoms. The summed E-state index contributed by atoms with van der Waals surface area (Å²) in [6.07, 6.45) is 2.82. The molecule has 29 heavy (non-hydrogen) atoms. The number of hydrogen-bond donors (Lipinski definition) is 3. The standard InChI is InChI=1S/C19H27N5O4S/c1-4-21-19(24-15-8-9-17(28-5-2)18(13-15)27-3)22-11-12-23-29(25,26)16-7-6-10-20-14-16/h6-10,13-14,23H,4-5,11-12H2,1-3H3,(H2,21,22,24). The van der Waals surface area contributed by atoms with Gasteiger partial charge in [0.25, 0.3) is 0 Å². The van der Waals surface area contributed by atoms with Crippen LogP contribution in [0.3, 0.4) is 0 Å². The molecule has 3 N–H and O–H groups in total. The van der Waals surface area contributed by atoms with Crippen molar-refractivity contribution >= 4 is 21.7 Å². The lowest BCUT2D eigenvalue weighted by molar-refractivity contribution is 0.311. The van der Waals surface area contributed by atoms with Crippen LogP contribution in [-0.2, 0) is 10.0 Å². The molecular weight excluding hydrogens is 394 g/mol. The van der Waals surface area contributed by atoms with Crippen LogP contribution in [0.2, 0.25) is 0 Å². The van der Waals surface area contributed by atoms with Crippen LogP contribution in [0.1, 0.15) is 13.8 Å². The van der Waals surface area contributed by atoms with Crippen molar-refractivity contribution in [1.82, 2.24) is 15.0 Å². The van der Waals surface area contributed by atoms with Gasteiger partial charge in [-0.15, -0.1) is 0 Å². The molecule has 1 aromatic heterocycles. The number of aromatic nitrogens is 1. The predicted molar refractivity (Wildman–Crippen MR) is 113 cm³/mol. The van der Waals surface area contributed by atoms with E-state index in [9.17, 15) is 8.42 Å². The van der Waals surface area contributed by atoms with Crippen LogP contribution in [0.25, 0.3) is 0 Å². The molecule has 0 amide bonds. The van der Waals surface area contributed by atoms with Gasteiger partial charge in [0.1, 0.15) is 4.90 Å². The van der Waals surface area contributed by atoms with Gasteiger partial charge < -0.3 is 20.1 Å². The largest absolute Gasteiger partial charge is 0.493 e. The zero-order chi connectivity index (χ0) is 21.1. The molecule has 0 bridgehead atoms. The monoisotopic (exact) mass is 421 g/mol. The number of rotatable bonds is 10. The minimum absolute atomic E-state index is 0.121. The summed E-state index contributed by atoms with van der Waals surface area (Å²) in [5, 5.41) is 6.29. The molecule has 0 aliphatic rings. The Bertz CT molecular complexity index is 904. The lowest BCUT2D eigenvalue weighted by Crippen LogP contribution is -2.32. The molecule has 0 fully saturated rings. The molecule has 0 unspecified atom stereocenters. The molecule has 2 rings (SSSR count). The van der Waals surface area contributed by atoms with Crippen molar-refractivity contribution in [3.63, 3.8) is 0 Å². The number of ether oxygens (including phenoxy) is 2. The molecular formula is C19H27N5O4S. The van der Waals surface area contributed by atoms with Crippen molar-refractivity contribution in [2.75, 3.05) is 38.7 Å². The van der Waals surface area contributed by atoms with Gasteiger partial charge in [0.15, 0.2) is 17.5 Å². The van der Waals surface area contributed by atoms with Gasteiger partial charge in [-0.25, -0.2) is 13.1 Å². The first-order valence-electron chi connectivity index (χ1n) is 9.26. The maximum Gasteiger partial charge on any atom is 0.242 e. The van der Waals surface area contributed by atoms with Crippen LogP contribution < -0.4 is 24.8 Å². The molecule has 158 valence electrons. The van der Waals surface area contributed by atoms with Crippen molar-refractivity contribution in [3.8, 4) is 11.5 Å². The van der Waals surface area contributed by atoms with Crippen LogP contribution in [0.15, 0.2) is 52.6 Å². The molecule has 9 nitrogen and oxygen atoms in total. The van der Waals surface area contributed by atoms with E-state index in [4.69, 9.17) is 9.47 Å². The SMILES string of the molecule is CCNC(=NCCNS(=O)(=O)c1cccnc1)Nc1ccc(OCC)c(OC)c1. The highest BCUT2D eigenvalue weighted by molar-refractivity contribution is 7.89. The van der Waals surface area contributed by atoms with E-state index >= 15 is 0 Å². The highest BCUT2D eigenvalue weighted by atomic mass is 32.2. The lowest BCUT2D eigenvalue weighted by atomic mass is 10.2. The Kier molecular flexibility index (Phi) is 8.68.